The van der Waals surface area contributed by atoms with E-state index in [9.17, 15) is 5.11 Å². The molecule has 1 heterocycles. The number of hydrogen-bond acceptors (Lipinski definition) is 2. The highest BCUT2D eigenvalue weighted by atomic mass is 32.2. The van der Waals surface area contributed by atoms with Crippen LogP contribution in [0.2, 0.25) is 0 Å². The molecule has 2 atom stereocenters. The molecule has 3 rings (SSSR count). The van der Waals surface area contributed by atoms with Crippen LogP contribution in [0.5, 0.6) is 0 Å². The predicted molar refractivity (Wildman–Crippen MR) is 89.0 cm³/mol. The molecule has 1 fully saturated rings. The van der Waals surface area contributed by atoms with Crippen molar-refractivity contribution in [3.05, 3.63) is 71.8 Å². The van der Waals surface area contributed by atoms with E-state index < -0.39 is 5.60 Å². The smallest absolute Gasteiger partial charge is 0.128 e. The molecule has 2 aromatic carbocycles. The summed E-state index contributed by atoms with van der Waals surface area (Å²) in [5.74, 6) is 2.62. The van der Waals surface area contributed by atoms with E-state index in [4.69, 9.17) is 6.42 Å². The molecule has 0 radical (unpaired) electrons. The van der Waals surface area contributed by atoms with Crippen LogP contribution in [0, 0.1) is 12.3 Å². The van der Waals surface area contributed by atoms with Crippen molar-refractivity contribution in [3.63, 3.8) is 0 Å². The fourth-order valence-electron chi connectivity index (χ4n) is 2.84. The van der Waals surface area contributed by atoms with Gasteiger partial charge in [0, 0.05) is 23.3 Å². The Labute approximate surface area is 130 Å². The summed E-state index contributed by atoms with van der Waals surface area (Å²) in [4.78, 5) is 0. The molecule has 1 aliphatic rings. The minimum atomic E-state index is -1.02. The molecule has 1 saturated heterocycles. The lowest BCUT2D eigenvalue weighted by Gasteiger charge is -2.38. The van der Waals surface area contributed by atoms with Gasteiger partial charge in [-0.15, -0.1) is 18.2 Å². The molecule has 0 saturated carbocycles. The third-order valence-corrected chi connectivity index (χ3v) is 5.52. The molecule has 0 aliphatic carbocycles. The first-order valence-corrected chi connectivity index (χ1v) is 8.10. The molecular formula is C19H18OS. The Morgan fingerprint density at radius 1 is 0.905 bits per heavy atom. The van der Waals surface area contributed by atoms with Gasteiger partial charge >= 0.3 is 0 Å². The first-order valence-electron chi connectivity index (χ1n) is 7.16. The number of aliphatic hydroxyl groups is 1. The maximum absolute atomic E-state index is 10.7. The molecule has 0 bridgehead atoms. The van der Waals surface area contributed by atoms with Gasteiger partial charge in [0.2, 0.25) is 0 Å². The second kappa shape index (κ2) is 5.97. The van der Waals surface area contributed by atoms with E-state index in [2.05, 4.69) is 30.2 Å². The normalized spacial score (nSPS) is 28.8. The minimum absolute atomic E-state index is 0.228. The lowest BCUT2D eigenvalue weighted by molar-refractivity contribution is 0.0766. The Morgan fingerprint density at radius 3 is 1.71 bits per heavy atom. The Morgan fingerprint density at radius 2 is 1.33 bits per heavy atom. The summed E-state index contributed by atoms with van der Waals surface area (Å²) in [6.45, 7) is 0. The van der Waals surface area contributed by atoms with E-state index in [0.29, 0.717) is 12.8 Å². The molecule has 0 amide bonds. The van der Waals surface area contributed by atoms with Crippen LogP contribution in [0.15, 0.2) is 60.7 Å². The van der Waals surface area contributed by atoms with E-state index in [-0.39, 0.29) is 10.5 Å². The molecule has 1 nitrogen and oxygen atoms in total. The molecule has 21 heavy (non-hydrogen) atoms. The molecule has 2 aromatic rings. The van der Waals surface area contributed by atoms with Gasteiger partial charge in [-0.05, 0) is 11.1 Å². The van der Waals surface area contributed by atoms with Crippen LogP contribution >= 0.6 is 11.8 Å². The summed E-state index contributed by atoms with van der Waals surface area (Å²) in [5.41, 5.74) is 1.44. The number of benzene rings is 2. The number of hydrogen-bond donors (Lipinski definition) is 1. The highest BCUT2D eigenvalue weighted by molar-refractivity contribution is 7.99. The van der Waals surface area contributed by atoms with Gasteiger partial charge in [0.15, 0.2) is 0 Å². The lowest BCUT2D eigenvalue weighted by atomic mass is 9.88. The standard InChI is InChI=1S/C19H18OS/c1-2-19(20)13-17(15-9-5-3-6-10-15)21-18(14-19)16-11-7-4-8-12-16/h1,3-12,17-18,20H,13-14H2. The first kappa shape index (κ1) is 14.3. The topological polar surface area (TPSA) is 20.2 Å². The van der Waals surface area contributed by atoms with E-state index in [1.54, 1.807) is 0 Å². The van der Waals surface area contributed by atoms with Crippen LogP contribution in [0.25, 0.3) is 0 Å². The molecule has 0 aromatic heterocycles. The fourth-order valence-corrected chi connectivity index (χ4v) is 4.61. The zero-order valence-corrected chi connectivity index (χ0v) is 12.6. The molecule has 1 N–H and O–H groups in total. The lowest BCUT2D eigenvalue weighted by Crippen LogP contribution is -2.34. The van der Waals surface area contributed by atoms with Gasteiger partial charge in [0.1, 0.15) is 5.60 Å². The van der Waals surface area contributed by atoms with Crippen LogP contribution in [0.4, 0.5) is 0 Å². The van der Waals surface area contributed by atoms with E-state index in [0.717, 1.165) is 0 Å². The van der Waals surface area contributed by atoms with Crippen LogP contribution < -0.4 is 0 Å². The summed E-state index contributed by atoms with van der Waals surface area (Å²) in [7, 11) is 0. The molecule has 2 heteroatoms. The van der Waals surface area contributed by atoms with Gasteiger partial charge < -0.3 is 5.11 Å². The Bertz CT molecular complexity index is 582. The summed E-state index contributed by atoms with van der Waals surface area (Å²) in [6, 6.07) is 20.6. The van der Waals surface area contributed by atoms with Gasteiger partial charge in [-0.3, -0.25) is 0 Å². The van der Waals surface area contributed by atoms with Crippen LogP contribution in [-0.2, 0) is 0 Å². The quantitative estimate of drug-likeness (QED) is 0.830. The van der Waals surface area contributed by atoms with Crippen LogP contribution in [0.1, 0.15) is 34.5 Å². The SMILES string of the molecule is C#CC1(O)CC(c2ccccc2)SC(c2ccccc2)C1. The Kier molecular flexibility index (Phi) is 4.05. The van der Waals surface area contributed by atoms with Crippen molar-refractivity contribution in [2.75, 3.05) is 0 Å². The zero-order chi connectivity index (χ0) is 14.7. The van der Waals surface area contributed by atoms with Crippen molar-refractivity contribution >= 4 is 11.8 Å². The largest absolute Gasteiger partial charge is 0.378 e. The minimum Gasteiger partial charge on any atom is -0.378 e. The predicted octanol–water partition coefficient (Wildman–Crippen LogP) is 4.36. The molecule has 106 valence electrons. The van der Waals surface area contributed by atoms with Crippen LogP contribution in [0.3, 0.4) is 0 Å². The van der Waals surface area contributed by atoms with Crippen molar-refractivity contribution in [1.82, 2.24) is 0 Å². The fraction of sp³-hybridized carbons (Fsp3) is 0.263. The van der Waals surface area contributed by atoms with Gasteiger partial charge in [0.25, 0.3) is 0 Å². The summed E-state index contributed by atoms with van der Waals surface area (Å²) < 4.78 is 0. The molecule has 1 aliphatic heterocycles. The van der Waals surface area contributed by atoms with Crippen molar-refractivity contribution in [1.29, 1.82) is 0 Å². The first-order chi connectivity index (χ1) is 10.2. The maximum Gasteiger partial charge on any atom is 0.128 e. The second-order valence-corrected chi connectivity index (χ2v) is 6.93. The monoisotopic (exact) mass is 294 g/mol. The Balaban J connectivity index is 1.92. The van der Waals surface area contributed by atoms with Gasteiger partial charge in [-0.2, -0.15) is 0 Å². The highest BCUT2D eigenvalue weighted by Gasteiger charge is 2.39. The van der Waals surface area contributed by atoms with Gasteiger partial charge in [-0.1, -0.05) is 66.6 Å². The van der Waals surface area contributed by atoms with E-state index >= 15 is 0 Å². The average Bonchev–Trinajstić information content (AvgIpc) is 2.56. The summed E-state index contributed by atoms with van der Waals surface area (Å²) in [6.07, 6.45) is 6.83. The van der Waals surface area contributed by atoms with Crippen molar-refractivity contribution in [3.8, 4) is 12.3 Å². The van der Waals surface area contributed by atoms with E-state index in [1.165, 1.54) is 11.1 Å². The maximum atomic E-state index is 10.7. The molecule has 2 unspecified atom stereocenters. The third-order valence-electron chi connectivity index (χ3n) is 3.99. The summed E-state index contributed by atoms with van der Waals surface area (Å²) >= 11 is 1.90. The number of rotatable bonds is 2. The number of terminal acetylenes is 1. The average molecular weight is 294 g/mol. The van der Waals surface area contributed by atoms with Gasteiger partial charge in [0.05, 0.1) is 0 Å². The Hall–Kier alpha value is -1.69. The van der Waals surface area contributed by atoms with Crippen molar-refractivity contribution in [2.45, 2.75) is 28.9 Å². The van der Waals surface area contributed by atoms with E-state index in [1.807, 2.05) is 48.2 Å². The van der Waals surface area contributed by atoms with Crippen LogP contribution in [-0.4, -0.2) is 10.7 Å². The highest BCUT2D eigenvalue weighted by Crippen LogP contribution is 2.53. The van der Waals surface area contributed by atoms with Crippen molar-refractivity contribution < 1.29 is 5.11 Å². The summed E-state index contributed by atoms with van der Waals surface area (Å²) in [5, 5.41) is 11.1. The second-order valence-electron chi connectivity index (χ2n) is 5.52. The zero-order valence-electron chi connectivity index (χ0n) is 11.8. The van der Waals surface area contributed by atoms with Gasteiger partial charge in [-0.25, -0.2) is 0 Å². The molecule has 0 spiro atoms. The number of thioether (sulfide) groups is 1. The van der Waals surface area contributed by atoms with Crippen molar-refractivity contribution in [2.24, 2.45) is 0 Å². The third kappa shape index (κ3) is 3.15. The molecular weight excluding hydrogens is 276 g/mol.